The number of aryl methyl sites for hydroxylation is 1. The highest BCUT2D eigenvalue weighted by Crippen LogP contribution is 2.30. The fourth-order valence-corrected chi connectivity index (χ4v) is 6.24. The van der Waals surface area contributed by atoms with E-state index in [0.29, 0.717) is 4.31 Å². The van der Waals surface area contributed by atoms with Crippen molar-refractivity contribution in [3.63, 3.8) is 0 Å². The lowest BCUT2D eigenvalue weighted by Gasteiger charge is -2.32. The van der Waals surface area contributed by atoms with E-state index in [4.69, 9.17) is 0 Å². The van der Waals surface area contributed by atoms with Gasteiger partial charge in [-0.2, -0.15) is 0 Å². The Morgan fingerprint density at radius 2 is 1.71 bits per heavy atom. The smallest absolute Gasteiger partial charge is 0.269 e. The molecule has 8 nitrogen and oxygen atoms in total. The topological polar surface area (TPSA) is 104 Å². The molecule has 0 saturated heterocycles. The van der Waals surface area contributed by atoms with Gasteiger partial charge < -0.3 is 10.2 Å². The van der Waals surface area contributed by atoms with Crippen LogP contribution < -0.4 is 5.32 Å². The van der Waals surface area contributed by atoms with Crippen LogP contribution in [0.2, 0.25) is 0 Å². The van der Waals surface area contributed by atoms with E-state index < -0.39 is 34.4 Å². The highest BCUT2D eigenvalue weighted by atomic mass is 32.2. The number of carbonyl (C=O) groups excluding carboxylic acids is 3. The number of hydrogen-bond donors (Lipinski definition) is 1. The Hall–Kier alpha value is -3.20. The molecule has 1 unspecified atom stereocenters. The molecule has 1 saturated carbocycles. The zero-order valence-electron chi connectivity index (χ0n) is 20.1. The fourth-order valence-electron chi connectivity index (χ4n) is 4.72. The van der Waals surface area contributed by atoms with Gasteiger partial charge in [0.15, 0.2) is 0 Å². The highest BCUT2D eigenvalue weighted by Gasteiger charge is 2.43. The van der Waals surface area contributed by atoms with Crippen molar-refractivity contribution < 1.29 is 22.8 Å². The van der Waals surface area contributed by atoms with Gasteiger partial charge in [0.25, 0.3) is 15.9 Å². The van der Waals surface area contributed by atoms with Crippen molar-refractivity contribution in [3.05, 3.63) is 65.2 Å². The average molecular weight is 498 g/mol. The summed E-state index contributed by atoms with van der Waals surface area (Å²) in [5.74, 6) is -1.62. The molecular weight excluding hydrogens is 466 g/mol. The van der Waals surface area contributed by atoms with E-state index in [9.17, 15) is 22.8 Å². The molecule has 1 atom stereocenters. The third-order valence-corrected chi connectivity index (χ3v) is 8.70. The largest absolute Gasteiger partial charge is 0.352 e. The molecule has 35 heavy (non-hydrogen) atoms. The van der Waals surface area contributed by atoms with Crippen LogP contribution in [0.1, 0.15) is 60.5 Å². The number of nitrogens with zero attached hydrogens (tertiary/aromatic N) is 2. The van der Waals surface area contributed by atoms with Gasteiger partial charge in [-0.15, -0.1) is 0 Å². The molecule has 1 aliphatic heterocycles. The number of carbonyl (C=O) groups is 3. The molecule has 1 heterocycles. The van der Waals surface area contributed by atoms with Crippen LogP contribution in [-0.2, 0) is 26.2 Å². The number of benzene rings is 2. The van der Waals surface area contributed by atoms with Gasteiger partial charge >= 0.3 is 0 Å². The average Bonchev–Trinajstić information content (AvgIpc) is 3.04. The van der Waals surface area contributed by atoms with Gasteiger partial charge in [-0.05, 0) is 49.9 Å². The molecule has 9 heteroatoms. The van der Waals surface area contributed by atoms with Crippen molar-refractivity contribution >= 4 is 27.7 Å². The summed E-state index contributed by atoms with van der Waals surface area (Å²) in [4.78, 5) is 40.8. The minimum absolute atomic E-state index is 0.0499. The minimum atomic E-state index is -4.14. The first-order valence-corrected chi connectivity index (χ1v) is 13.4. The van der Waals surface area contributed by atoms with E-state index in [1.165, 1.54) is 23.1 Å². The van der Waals surface area contributed by atoms with Crippen LogP contribution in [0.25, 0.3) is 0 Å². The van der Waals surface area contributed by atoms with Crippen LogP contribution in [0, 0.1) is 6.92 Å². The Balaban J connectivity index is 1.58. The quantitative estimate of drug-likeness (QED) is 0.633. The Morgan fingerprint density at radius 1 is 1.06 bits per heavy atom. The van der Waals surface area contributed by atoms with Crippen molar-refractivity contribution in [2.24, 2.45) is 0 Å². The number of amides is 3. The Bertz CT molecular complexity index is 1240. The predicted molar refractivity (Wildman–Crippen MR) is 131 cm³/mol. The summed E-state index contributed by atoms with van der Waals surface area (Å²) in [6, 6.07) is 12.7. The molecule has 1 N–H and O–H groups in total. The first-order valence-electron chi connectivity index (χ1n) is 12.0. The minimum Gasteiger partial charge on any atom is -0.352 e. The zero-order chi connectivity index (χ0) is 25.2. The van der Waals surface area contributed by atoms with E-state index in [1.807, 2.05) is 31.2 Å². The Kier molecular flexibility index (Phi) is 7.25. The van der Waals surface area contributed by atoms with Crippen molar-refractivity contribution in [3.8, 4) is 0 Å². The van der Waals surface area contributed by atoms with E-state index in [2.05, 4.69) is 5.32 Å². The van der Waals surface area contributed by atoms with Crippen molar-refractivity contribution in [1.82, 2.24) is 14.5 Å². The molecule has 0 aromatic heterocycles. The van der Waals surface area contributed by atoms with Crippen molar-refractivity contribution in [2.75, 3.05) is 6.54 Å². The van der Waals surface area contributed by atoms with Gasteiger partial charge in [0.1, 0.15) is 17.5 Å². The summed E-state index contributed by atoms with van der Waals surface area (Å²) in [6.07, 6.45) is 5.08. The Morgan fingerprint density at radius 3 is 2.40 bits per heavy atom. The monoisotopic (exact) mass is 497 g/mol. The van der Waals surface area contributed by atoms with Crippen LogP contribution in [0.4, 0.5) is 0 Å². The zero-order valence-corrected chi connectivity index (χ0v) is 20.9. The highest BCUT2D eigenvalue weighted by molar-refractivity contribution is 7.90. The van der Waals surface area contributed by atoms with Crippen molar-refractivity contribution in [1.29, 1.82) is 0 Å². The van der Waals surface area contributed by atoms with Crippen LogP contribution in [-0.4, -0.2) is 54.0 Å². The van der Waals surface area contributed by atoms with Gasteiger partial charge in [-0.1, -0.05) is 55.7 Å². The number of hydrogen-bond acceptors (Lipinski definition) is 5. The molecule has 2 aliphatic rings. The maximum absolute atomic E-state index is 13.5. The molecule has 0 radical (unpaired) electrons. The molecule has 1 aliphatic carbocycles. The maximum Gasteiger partial charge on any atom is 0.269 e. The summed E-state index contributed by atoms with van der Waals surface area (Å²) in [5.41, 5.74) is 1.84. The number of rotatable bonds is 7. The molecular formula is C26H31N3O5S. The second kappa shape index (κ2) is 10.2. The summed E-state index contributed by atoms with van der Waals surface area (Å²) >= 11 is 0. The SMILES string of the molecule is Cc1ccccc1CN(C(=O)CN1C(=O)c2ccccc2S1(=O)=O)C(C)C(=O)NC1CCCCC1. The molecule has 2 aromatic rings. The fraction of sp³-hybridized carbons (Fsp3) is 0.423. The molecule has 4 rings (SSSR count). The number of sulfonamides is 1. The first-order chi connectivity index (χ1) is 16.7. The van der Waals surface area contributed by atoms with Gasteiger partial charge in [0.05, 0.1) is 5.56 Å². The van der Waals surface area contributed by atoms with Crippen LogP contribution in [0.5, 0.6) is 0 Å². The van der Waals surface area contributed by atoms with Gasteiger partial charge in [0.2, 0.25) is 11.8 Å². The van der Waals surface area contributed by atoms with Crippen LogP contribution >= 0.6 is 0 Å². The van der Waals surface area contributed by atoms with E-state index >= 15 is 0 Å². The molecule has 3 amide bonds. The summed E-state index contributed by atoms with van der Waals surface area (Å²) in [7, 11) is -4.14. The summed E-state index contributed by atoms with van der Waals surface area (Å²) in [6.45, 7) is 3.02. The summed E-state index contributed by atoms with van der Waals surface area (Å²) in [5, 5.41) is 3.06. The lowest BCUT2D eigenvalue weighted by Crippen LogP contribution is -2.53. The molecule has 0 spiro atoms. The van der Waals surface area contributed by atoms with E-state index in [-0.39, 0.29) is 29.0 Å². The van der Waals surface area contributed by atoms with E-state index in [0.717, 1.165) is 43.2 Å². The number of fused-ring (bicyclic) bond motifs is 1. The van der Waals surface area contributed by atoms with Gasteiger partial charge in [0, 0.05) is 12.6 Å². The normalized spacial score (nSPS) is 18.1. The lowest BCUT2D eigenvalue weighted by molar-refractivity contribution is -0.140. The second-order valence-corrected chi connectivity index (χ2v) is 11.1. The molecule has 0 bridgehead atoms. The number of nitrogens with one attached hydrogen (secondary N) is 1. The lowest BCUT2D eigenvalue weighted by atomic mass is 9.95. The summed E-state index contributed by atoms with van der Waals surface area (Å²) < 4.78 is 26.6. The van der Waals surface area contributed by atoms with E-state index in [1.54, 1.807) is 13.0 Å². The maximum atomic E-state index is 13.5. The predicted octanol–water partition coefficient (Wildman–Crippen LogP) is 3.01. The Labute approximate surface area is 206 Å². The van der Waals surface area contributed by atoms with Gasteiger partial charge in [-0.3, -0.25) is 14.4 Å². The third kappa shape index (κ3) is 5.10. The second-order valence-electron chi connectivity index (χ2n) is 9.28. The van der Waals surface area contributed by atoms with Gasteiger partial charge in [-0.25, -0.2) is 12.7 Å². The van der Waals surface area contributed by atoms with Crippen LogP contribution in [0.15, 0.2) is 53.4 Å². The van der Waals surface area contributed by atoms with Crippen LogP contribution in [0.3, 0.4) is 0 Å². The molecule has 2 aromatic carbocycles. The standard InChI is InChI=1S/C26H31N3O5S/c1-18-10-6-7-11-20(18)16-28(19(2)25(31)27-21-12-4-3-5-13-21)24(30)17-29-26(32)22-14-8-9-15-23(22)35(29,33)34/h6-11,14-15,19,21H,3-5,12-13,16-17H2,1-2H3,(H,27,31). The molecule has 1 fully saturated rings. The third-order valence-electron chi connectivity index (χ3n) is 6.91. The first kappa shape index (κ1) is 24.9. The molecule has 186 valence electrons. The van der Waals surface area contributed by atoms with Crippen molar-refractivity contribution in [2.45, 2.75) is 69.5 Å².